The molecule has 1 unspecified atom stereocenters. The Morgan fingerprint density at radius 3 is 2.61 bits per heavy atom. The van der Waals surface area contributed by atoms with E-state index in [1.54, 1.807) is 0 Å². The maximum atomic E-state index is 11.7. The molecule has 100 valence electrons. The molecule has 0 fully saturated rings. The van der Waals surface area contributed by atoms with E-state index in [0.29, 0.717) is 12.8 Å². The highest BCUT2D eigenvalue weighted by atomic mass is 16.2. The Morgan fingerprint density at radius 2 is 2.06 bits per heavy atom. The van der Waals surface area contributed by atoms with Gasteiger partial charge in [-0.15, -0.1) is 0 Å². The fraction of sp³-hybridized carbons (Fsp3) is 0.500. The number of carbonyl (C=O) groups excluding carboxylic acids is 1. The molecule has 0 aliphatic heterocycles. The third-order valence-corrected chi connectivity index (χ3v) is 2.75. The van der Waals surface area contributed by atoms with Gasteiger partial charge in [0.15, 0.2) is 0 Å². The topological polar surface area (TPSA) is 75.4 Å². The molecule has 1 aromatic rings. The van der Waals surface area contributed by atoms with Crippen LogP contribution in [0.4, 0.5) is 5.69 Å². The molecule has 0 aliphatic carbocycles. The van der Waals surface area contributed by atoms with Gasteiger partial charge in [-0.1, -0.05) is 25.5 Å². The minimum absolute atomic E-state index is 0.0501. The summed E-state index contributed by atoms with van der Waals surface area (Å²) in [5, 5.41) is 11.6. The molecular formula is C14H22N2O2. The molecule has 1 atom stereocenters. The van der Waals surface area contributed by atoms with Crippen molar-refractivity contribution in [3.05, 3.63) is 29.8 Å². The highest BCUT2D eigenvalue weighted by molar-refractivity contribution is 5.91. The highest BCUT2D eigenvalue weighted by Crippen LogP contribution is 2.11. The Kier molecular flexibility index (Phi) is 6.39. The van der Waals surface area contributed by atoms with Crippen molar-refractivity contribution in [1.29, 1.82) is 0 Å². The second-order valence-electron chi connectivity index (χ2n) is 4.47. The molecule has 0 saturated heterocycles. The first-order chi connectivity index (χ1) is 8.65. The number of nitrogens with two attached hydrogens (primary N) is 1. The van der Waals surface area contributed by atoms with E-state index in [4.69, 9.17) is 10.8 Å². The maximum Gasteiger partial charge on any atom is 0.225 e. The Bertz CT molecular complexity index is 363. The van der Waals surface area contributed by atoms with Crippen molar-refractivity contribution < 1.29 is 9.90 Å². The van der Waals surface area contributed by atoms with Gasteiger partial charge in [0.2, 0.25) is 5.91 Å². The van der Waals surface area contributed by atoms with Crippen molar-refractivity contribution in [2.75, 3.05) is 11.9 Å². The number of anilines is 1. The minimum Gasteiger partial charge on any atom is -0.396 e. The quantitative estimate of drug-likeness (QED) is 0.689. The lowest BCUT2D eigenvalue weighted by molar-refractivity contribution is -0.116. The summed E-state index contributed by atoms with van der Waals surface area (Å²) in [5.74, 6) is -0.0501. The predicted octanol–water partition coefficient (Wildman–Crippen LogP) is 1.68. The number of amides is 1. The molecule has 1 aromatic carbocycles. The molecule has 18 heavy (non-hydrogen) atoms. The van der Waals surface area contributed by atoms with E-state index in [2.05, 4.69) is 12.2 Å². The van der Waals surface area contributed by atoms with Crippen molar-refractivity contribution >= 4 is 11.6 Å². The van der Waals surface area contributed by atoms with Crippen LogP contribution < -0.4 is 11.1 Å². The highest BCUT2D eigenvalue weighted by Gasteiger charge is 2.08. The predicted molar refractivity (Wildman–Crippen MR) is 73.4 cm³/mol. The van der Waals surface area contributed by atoms with Crippen molar-refractivity contribution in [2.24, 2.45) is 5.73 Å². The lowest BCUT2D eigenvalue weighted by atomic mass is 10.1. The van der Waals surface area contributed by atoms with E-state index >= 15 is 0 Å². The molecule has 0 aliphatic rings. The van der Waals surface area contributed by atoms with E-state index in [1.807, 2.05) is 24.3 Å². The van der Waals surface area contributed by atoms with Crippen LogP contribution in [-0.2, 0) is 11.2 Å². The molecule has 4 nitrogen and oxygen atoms in total. The van der Waals surface area contributed by atoms with Gasteiger partial charge in [0.05, 0.1) is 0 Å². The van der Waals surface area contributed by atoms with Gasteiger partial charge in [-0.2, -0.15) is 0 Å². The SMILES string of the molecule is CCCC(N)CC(=O)Nc1ccc(CCO)cc1. The van der Waals surface area contributed by atoms with Crippen molar-refractivity contribution in [1.82, 2.24) is 0 Å². The first kappa shape index (κ1) is 14.7. The Labute approximate surface area is 108 Å². The largest absolute Gasteiger partial charge is 0.396 e. The number of benzene rings is 1. The van der Waals surface area contributed by atoms with Crippen LogP contribution >= 0.6 is 0 Å². The van der Waals surface area contributed by atoms with Crippen LogP contribution in [0, 0.1) is 0 Å². The van der Waals surface area contributed by atoms with Crippen molar-refractivity contribution in [2.45, 2.75) is 38.6 Å². The molecule has 0 spiro atoms. The zero-order chi connectivity index (χ0) is 13.4. The van der Waals surface area contributed by atoms with Gasteiger partial charge < -0.3 is 16.2 Å². The summed E-state index contributed by atoms with van der Waals surface area (Å²) in [6.07, 6.45) is 2.84. The van der Waals surface area contributed by atoms with E-state index in [0.717, 1.165) is 24.1 Å². The summed E-state index contributed by atoms with van der Waals surface area (Å²) in [6.45, 7) is 2.19. The molecule has 0 radical (unpaired) electrons. The van der Waals surface area contributed by atoms with Gasteiger partial charge in [-0.25, -0.2) is 0 Å². The third kappa shape index (κ3) is 5.29. The normalized spacial score (nSPS) is 12.2. The van der Waals surface area contributed by atoms with Crippen LogP contribution in [0.5, 0.6) is 0 Å². The number of hydrogen-bond acceptors (Lipinski definition) is 3. The van der Waals surface area contributed by atoms with Gasteiger partial charge in [0, 0.05) is 24.8 Å². The summed E-state index contributed by atoms with van der Waals surface area (Å²) in [7, 11) is 0. The number of carbonyl (C=O) groups is 1. The lowest BCUT2D eigenvalue weighted by Crippen LogP contribution is -2.26. The average Bonchev–Trinajstić information content (AvgIpc) is 2.32. The van der Waals surface area contributed by atoms with E-state index in [9.17, 15) is 4.79 Å². The summed E-state index contributed by atoms with van der Waals surface area (Å²) < 4.78 is 0. The summed E-state index contributed by atoms with van der Waals surface area (Å²) in [5.41, 5.74) is 7.64. The molecule has 1 rings (SSSR count). The number of aliphatic hydroxyl groups is 1. The zero-order valence-electron chi connectivity index (χ0n) is 10.9. The second-order valence-corrected chi connectivity index (χ2v) is 4.47. The van der Waals surface area contributed by atoms with Crippen molar-refractivity contribution in [3.63, 3.8) is 0 Å². The summed E-state index contributed by atoms with van der Waals surface area (Å²) in [6, 6.07) is 7.42. The number of nitrogens with one attached hydrogen (secondary N) is 1. The number of rotatable bonds is 7. The minimum atomic E-state index is -0.0661. The number of hydrogen-bond donors (Lipinski definition) is 3. The van der Waals surface area contributed by atoms with E-state index in [1.165, 1.54) is 0 Å². The maximum absolute atomic E-state index is 11.7. The van der Waals surface area contributed by atoms with Crippen LogP contribution in [0.25, 0.3) is 0 Å². The molecule has 1 amide bonds. The van der Waals surface area contributed by atoms with Crippen LogP contribution in [0.2, 0.25) is 0 Å². The Morgan fingerprint density at radius 1 is 1.39 bits per heavy atom. The lowest BCUT2D eigenvalue weighted by Gasteiger charge is -2.10. The van der Waals surface area contributed by atoms with Crippen molar-refractivity contribution in [3.8, 4) is 0 Å². The Balaban J connectivity index is 2.44. The van der Waals surface area contributed by atoms with Crippen LogP contribution in [0.3, 0.4) is 0 Å². The molecular weight excluding hydrogens is 228 g/mol. The van der Waals surface area contributed by atoms with Gasteiger partial charge in [0.1, 0.15) is 0 Å². The smallest absolute Gasteiger partial charge is 0.225 e. The second kappa shape index (κ2) is 7.84. The molecule has 0 aromatic heterocycles. The van der Waals surface area contributed by atoms with Crippen LogP contribution in [0.1, 0.15) is 31.7 Å². The summed E-state index contributed by atoms with van der Waals surface area (Å²) in [4.78, 5) is 11.7. The molecule has 0 bridgehead atoms. The molecule has 4 heteroatoms. The molecule has 4 N–H and O–H groups in total. The number of aliphatic hydroxyl groups excluding tert-OH is 1. The Hall–Kier alpha value is -1.39. The standard InChI is InChI=1S/C14H22N2O2/c1-2-3-12(15)10-14(18)16-13-6-4-11(5-7-13)8-9-17/h4-7,12,17H,2-3,8-10,15H2,1H3,(H,16,18). The first-order valence-electron chi connectivity index (χ1n) is 6.41. The van der Waals surface area contributed by atoms with Gasteiger partial charge in [-0.05, 0) is 30.5 Å². The van der Waals surface area contributed by atoms with E-state index < -0.39 is 0 Å². The van der Waals surface area contributed by atoms with E-state index in [-0.39, 0.29) is 18.6 Å². The van der Waals surface area contributed by atoms with Crippen LogP contribution in [0.15, 0.2) is 24.3 Å². The van der Waals surface area contributed by atoms with Crippen LogP contribution in [-0.4, -0.2) is 23.7 Å². The summed E-state index contributed by atoms with van der Waals surface area (Å²) >= 11 is 0. The third-order valence-electron chi connectivity index (χ3n) is 2.75. The van der Waals surface area contributed by atoms with Gasteiger partial charge >= 0.3 is 0 Å². The van der Waals surface area contributed by atoms with Gasteiger partial charge in [-0.3, -0.25) is 4.79 Å². The molecule has 0 heterocycles. The monoisotopic (exact) mass is 250 g/mol. The van der Waals surface area contributed by atoms with Gasteiger partial charge in [0.25, 0.3) is 0 Å². The fourth-order valence-corrected chi connectivity index (χ4v) is 1.81. The fourth-order valence-electron chi connectivity index (χ4n) is 1.81. The molecule has 0 saturated carbocycles. The average molecular weight is 250 g/mol. The zero-order valence-corrected chi connectivity index (χ0v) is 10.9. The first-order valence-corrected chi connectivity index (χ1v) is 6.41.